The molecule has 1 aromatic rings. The first-order valence-corrected chi connectivity index (χ1v) is 7.28. The van der Waals surface area contributed by atoms with E-state index in [2.05, 4.69) is 4.98 Å². The Bertz CT molecular complexity index is 588. The molecule has 5 nitrogen and oxygen atoms in total. The fourth-order valence-corrected chi connectivity index (χ4v) is 3.26. The fraction of sp³-hybridized carbons (Fsp3) is 0.583. The molecule has 0 saturated carbocycles. The Balaban J connectivity index is 2.10. The fourth-order valence-electron chi connectivity index (χ4n) is 2.07. The van der Waals surface area contributed by atoms with Crippen molar-refractivity contribution < 1.29 is 18.0 Å². The average molecular weight is 321 g/mol. The Hall–Kier alpha value is -1.51. The number of hydrogen-bond donors (Lipinski definition) is 0. The summed E-state index contributed by atoms with van der Waals surface area (Å²) in [5.41, 5.74) is -0.431. The van der Waals surface area contributed by atoms with Gasteiger partial charge in [-0.15, -0.1) is 0 Å². The van der Waals surface area contributed by atoms with Gasteiger partial charge in [-0.2, -0.15) is 18.2 Å². The zero-order valence-corrected chi connectivity index (χ0v) is 12.1. The maximum Gasteiger partial charge on any atom is 0.406 e. The lowest BCUT2D eigenvalue weighted by Gasteiger charge is -2.18. The zero-order chi connectivity index (χ0) is 15.6. The first-order chi connectivity index (χ1) is 9.80. The minimum absolute atomic E-state index is 0.0687. The largest absolute Gasteiger partial charge is 0.406 e. The number of rotatable bonds is 4. The molecular weight excluding hydrogens is 307 g/mol. The number of thioether (sulfide) groups is 1. The number of alkyl halides is 3. The van der Waals surface area contributed by atoms with Crippen LogP contribution >= 0.6 is 11.8 Å². The number of amides is 1. The third-order valence-electron chi connectivity index (χ3n) is 3.06. The van der Waals surface area contributed by atoms with E-state index in [0.29, 0.717) is 18.1 Å². The van der Waals surface area contributed by atoms with Crippen LogP contribution < -0.4 is 5.56 Å². The van der Waals surface area contributed by atoms with Crippen LogP contribution in [0.1, 0.15) is 13.3 Å². The summed E-state index contributed by atoms with van der Waals surface area (Å²) in [6.45, 7) is 1.25. The Morgan fingerprint density at radius 1 is 1.43 bits per heavy atom. The quantitative estimate of drug-likeness (QED) is 0.789. The van der Waals surface area contributed by atoms with Gasteiger partial charge in [0.1, 0.15) is 6.54 Å². The Kier molecular flexibility index (Phi) is 4.60. The molecule has 1 aliphatic heterocycles. The van der Waals surface area contributed by atoms with Crippen LogP contribution in [0.4, 0.5) is 13.2 Å². The summed E-state index contributed by atoms with van der Waals surface area (Å²) in [4.78, 5) is 27.9. The van der Waals surface area contributed by atoms with E-state index < -0.39 is 29.4 Å². The second kappa shape index (κ2) is 6.08. The van der Waals surface area contributed by atoms with Crippen LogP contribution in [-0.4, -0.2) is 44.9 Å². The Morgan fingerprint density at radius 3 is 2.76 bits per heavy atom. The second-order valence-electron chi connectivity index (χ2n) is 4.60. The van der Waals surface area contributed by atoms with Gasteiger partial charge in [0.15, 0.2) is 5.16 Å². The number of hydrogen-bond acceptors (Lipinski definition) is 4. The summed E-state index contributed by atoms with van der Waals surface area (Å²) in [6.07, 6.45) is -2.52. The summed E-state index contributed by atoms with van der Waals surface area (Å²) < 4.78 is 38.7. The molecule has 0 spiro atoms. The summed E-state index contributed by atoms with van der Waals surface area (Å²) in [5, 5.41) is -0.267. The number of likely N-dealkylation sites (tertiary alicyclic amines) is 1. The molecule has 1 fully saturated rings. The molecule has 0 N–H and O–H groups in total. The molecule has 2 rings (SSSR count). The highest BCUT2D eigenvalue weighted by Crippen LogP contribution is 2.30. The molecule has 116 valence electrons. The van der Waals surface area contributed by atoms with Gasteiger partial charge in [0.25, 0.3) is 5.56 Å². The molecular formula is C12H14F3N3O2S. The lowest BCUT2D eigenvalue weighted by Crippen LogP contribution is -2.36. The molecule has 1 unspecified atom stereocenters. The summed E-state index contributed by atoms with van der Waals surface area (Å²) in [7, 11) is 0. The van der Waals surface area contributed by atoms with Crippen molar-refractivity contribution >= 4 is 17.7 Å². The highest BCUT2D eigenvalue weighted by Gasteiger charge is 2.40. The van der Waals surface area contributed by atoms with Crippen molar-refractivity contribution in [3.05, 3.63) is 22.6 Å². The predicted molar refractivity (Wildman–Crippen MR) is 71.1 cm³/mol. The van der Waals surface area contributed by atoms with Crippen molar-refractivity contribution in [2.24, 2.45) is 0 Å². The maximum absolute atomic E-state index is 12.3. The van der Waals surface area contributed by atoms with Gasteiger partial charge in [-0.05, 0) is 13.3 Å². The molecule has 9 heteroatoms. The highest BCUT2D eigenvalue weighted by molar-refractivity contribution is 8.00. The van der Waals surface area contributed by atoms with Gasteiger partial charge in [0, 0.05) is 25.4 Å². The van der Waals surface area contributed by atoms with Crippen LogP contribution in [-0.2, 0) is 11.3 Å². The van der Waals surface area contributed by atoms with Gasteiger partial charge < -0.3 is 9.47 Å². The van der Waals surface area contributed by atoms with Crippen LogP contribution in [0.2, 0.25) is 0 Å². The zero-order valence-electron chi connectivity index (χ0n) is 11.3. The molecule has 1 aliphatic rings. The monoisotopic (exact) mass is 321 g/mol. The first-order valence-electron chi connectivity index (χ1n) is 6.40. The normalized spacial score (nSPS) is 19.3. The van der Waals surface area contributed by atoms with E-state index in [1.807, 2.05) is 6.92 Å². The van der Waals surface area contributed by atoms with Crippen molar-refractivity contribution in [2.45, 2.75) is 36.5 Å². The third-order valence-corrected chi connectivity index (χ3v) is 4.31. The molecule has 1 aromatic heterocycles. The lowest BCUT2D eigenvalue weighted by molar-refractivity contribution is -0.157. The van der Waals surface area contributed by atoms with Crippen molar-refractivity contribution in [1.82, 2.24) is 14.5 Å². The Morgan fingerprint density at radius 2 is 2.14 bits per heavy atom. The minimum Gasteiger partial charge on any atom is -0.333 e. The standard InChI is InChI=1S/C12H14F3N3O2S/c1-2-17-6-4-9(19)16-11(17)21-8-3-5-18(10(8)20)7-12(13,14)15/h4,6,8H,2-3,5,7H2,1H3. The van der Waals surface area contributed by atoms with Crippen LogP contribution in [0.3, 0.4) is 0 Å². The van der Waals surface area contributed by atoms with E-state index in [1.54, 1.807) is 10.8 Å². The van der Waals surface area contributed by atoms with Crippen LogP contribution in [0.5, 0.6) is 0 Å². The van der Waals surface area contributed by atoms with E-state index in [-0.39, 0.29) is 6.54 Å². The Labute approximate surface area is 123 Å². The van der Waals surface area contributed by atoms with Crippen molar-refractivity contribution in [2.75, 3.05) is 13.1 Å². The lowest BCUT2D eigenvalue weighted by atomic mass is 10.4. The molecule has 2 heterocycles. The smallest absolute Gasteiger partial charge is 0.333 e. The second-order valence-corrected chi connectivity index (χ2v) is 5.77. The van der Waals surface area contributed by atoms with Crippen molar-refractivity contribution in [3.63, 3.8) is 0 Å². The molecule has 0 radical (unpaired) electrons. The number of halogens is 3. The molecule has 1 saturated heterocycles. The molecule has 0 aliphatic carbocycles. The summed E-state index contributed by atoms with van der Waals surface area (Å²) in [5.74, 6) is -0.557. The van der Waals surface area contributed by atoms with Gasteiger partial charge in [0.2, 0.25) is 5.91 Å². The van der Waals surface area contributed by atoms with Crippen molar-refractivity contribution in [1.29, 1.82) is 0 Å². The van der Waals surface area contributed by atoms with Gasteiger partial charge in [-0.1, -0.05) is 11.8 Å². The van der Waals surface area contributed by atoms with Crippen molar-refractivity contribution in [3.8, 4) is 0 Å². The van der Waals surface area contributed by atoms with E-state index >= 15 is 0 Å². The number of aromatic nitrogens is 2. The molecule has 0 aromatic carbocycles. The van der Waals surface area contributed by atoms with Gasteiger partial charge in [0.05, 0.1) is 5.25 Å². The molecule has 1 atom stereocenters. The van der Waals surface area contributed by atoms with E-state index in [0.717, 1.165) is 16.7 Å². The van der Waals surface area contributed by atoms with E-state index in [9.17, 15) is 22.8 Å². The summed E-state index contributed by atoms with van der Waals surface area (Å²) >= 11 is 1.05. The van der Waals surface area contributed by atoms with Crippen LogP contribution in [0, 0.1) is 0 Å². The SMILES string of the molecule is CCn1ccc(=O)nc1SC1CCN(CC(F)(F)F)C1=O. The van der Waals surface area contributed by atoms with Crippen LogP contribution in [0.25, 0.3) is 0 Å². The van der Waals surface area contributed by atoms with Gasteiger partial charge in [-0.3, -0.25) is 9.59 Å². The van der Waals surface area contributed by atoms with E-state index in [1.165, 1.54) is 6.07 Å². The first kappa shape index (κ1) is 15.9. The molecule has 1 amide bonds. The molecule has 0 bridgehead atoms. The van der Waals surface area contributed by atoms with E-state index in [4.69, 9.17) is 0 Å². The van der Waals surface area contributed by atoms with Gasteiger partial charge >= 0.3 is 6.18 Å². The number of aryl methyl sites for hydroxylation is 1. The number of carbonyl (C=O) groups is 1. The predicted octanol–water partition coefficient (Wildman–Crippen LogP) is 1.52. The summed E-state index contributed by atoms with van der Waals surface area (Å²) in [6, 6.07) is 1.31. The third kappa shape index (κ3) is 3.99. The topological polar surface area (TPSA) is 55.2 Å². The van der Waals surface area contributed by atoms with Gasteiger partial charge in [-0.25, -0.2) is 0 Å². The van der Waals surface area contributed by atoms with Crippen LogP contribution in [0.15, 0.2) is 22.2 Å². The number of carbonyl (C=O) groups excluding carboxylic acids is 1. The highest BCUT2D eigenvalue weighted by atomic mass is 32.2. The average Bonchev–Trinajstić information content (AvgIpc) is 2.70. The minimum atomic E-state index is -4.40. The molecule has 21 heavy (non-hydrogen) atoms. The number of nitrogens with zero attached hydrogens (tertiary/aromatic N) is 3. The maximum atomic E-state index is 12.3.